The maximum atomic E-state index is 12.8. The van der Waals surface area contributed by atoms with E-state index in [9.17, 15) is 9.18 Å². The molecule has 0 fully saturated rings. The number of hydrogen-bond donors (Lipinski definition) is 1. The van der Waals surface area contributed by atoms with E-state index in [1.54, 1.807) is 12.1 Å². The van der Waals surface area contributed by atoms with Crippen molar-refractivity contribution >= 4 is 29.3 Å². The molecule has 0 radical (unpaired) electrons. The third-order valence-electron chi connectivity index (χ3n) is 2.29. The molecule has 1 aromatic rings. The highest BCUT2D eigenvalue weighted by atomic mass is 35.5. The van der Waals surface area contributed by atoms with E-state index in [1.165, 1.54) is 23.9 Å². The standard InChI is InChI=1S/C13H15ClFNOS/c1-3-6-16-13(17)9(2)18-8-10-4-5-11(15)7-12(10)14/h3-5,7,9H,1,6,8H2,2H3,(H,16,17). The second-order valence-electron chi connectivity index (χ2n) is 3.72. The second kappa shape index (κ2) is 7.44. The van der Waals surface area contributed by atoms with E-state index >= 15 is 0 Å². The molecule has 98 valence electrons. The molecule has 0 spiro atoms. The lowest BCUT2D eigenvalue weighted by molar-refractivity contribution is -0.120. The first kappa shape index (κ1) is 15.1. The molecular formula is C13H15ClFNOS. The van der Waals surface area contributed by atoms with Crippen LogP contribution in [0.15, 0.2) is 30.9 Å². The van der Waals surface area contributed by atoms with Crippen LogP contribution in [-0.2, 0) is 10.5 Å². The number of carbonyl (C=O) groups excluding carboxylic acids is 1. The molecule has 0 aliphatic carbocycles. The van der Waals surface area contributed by atoms with Crippen molar-refractivity contribution in [2.24, 2.45) is 0 Å². The topological polar surface area (TPSA) is 29.1 Å². The molecule has 0 saturated carbocycles. The van der Waals surface area contributed by atoms with Gasteiger partial charge in [-0.05, 0) is 24.6 Å². The van der Waals surface area contributed by atoms with Crippen LogP contribution >= 0.6 is 23.4 Å². The Balaban J connectivity index is 2.49. The van der Waals surface area contributed by atoms with Crippen LogP contribution in [0.3, 0.4) is 0 Å². The summed E-state index contributed by atoms with van der Waals surface area (Å²) in [6.45, 7) is 5.81. The highest BCUT2D eigenvalue weighted by Crippen LogP contribution is 2.24. The van der Waals surface area contributed by atoms with E-state index in [2.05, 4.69) is 11.9 Å². The minimum atomic E-state index is -0.356. The van der Waals surface area contributed by atoms with Crippen molar-refractivity contribution < 1.29 is 9.18 Å². The summed E-state index contributed by atoms with van der Waals surface area (Å²) >= 11 is 7.36. The minimum Gasteiger partial charge on any atom is -0.352 e. The Morgan fingerprint density at radius 1 is 1.67 bits per heavy atom. The predicted molar refractivity (Wildman–Crippen MR) is 75.4 cm³/mol. The third kappa shape index (κ3) is 4.70. The molecule has 1 unspecified atom stereocenters. The van der Waals surface area contributed by atoms with E-state index in [4.69, 9.17) is 11.6 Å². The van der Waals surface area contributed by atoms with Crippen molar-refractivity contribution in [3.8, 4) is 0 Å². The Hall–Kier alpha value is -1.00. The van der Waals surface area contributed by atoms with E-state index < -0.39 is 0 Å². The normalized spacial score (nSPS) is 11.9. The van der Waals surface area contributed by atoms with Gasteiger partial charge in [0.05, 0.1) is 5.25 Å². The second-order valence-corrected chi connectivity index (χ2v) is 5.46. The summed E-state index contributed by atoms with van der Waals surface area (Å²) in [5.74, 6) is 0.172. The van der Waals surface area contributed by atoms with Crippen molar-refractivity contribution in [3.05, 3.63) is 47.3 Å². The Kier molecular flexibility index (Phi) is 6.22. The van der Waals surface area contributed by atoms with E-state index in [-0.39, 0.29) is 17.0 Å². The molecule has 1 N–H and O–H groups in total. The van der Waals surface area contributed by atoms with Crippen LogP contribution in [0.1, 0.15) is 12.5 Å². The molecule has 1 amide bonds. The first-order valence-corrected chi connectivity index (χ1v) is 6.91. The molecule has 0 heterocycles. The van der Waals surface area contributed by atoms with Gasteiger partial charge < -0.3 is 5.32 Å². The van der Waals surface area contributed by atoms with Crippen LogP contribution in [0.4, 0.5) is 4.39 Å². The summed E-state index contributed by atoms with van der Waals surface area (Å²) in [6.07, 6.45) is 1.63. The lowest BCUT2D eigenvalue weighted by Crippen LogP contribution is -2.30. The predicted octanol–water partition coefficient (Wildman–Crippen LogP) is 3.40. The number of amides is 1. The summed E-state index contributed by atoms with van der Waals surface area (Å²) in [4.78, 5) is 11.6. The van der Waals surface area contributed by atoms with Crippen molar-refractivity contribution in [1.82, 2.24) is 5.32 Å². The summed E-state index contributed by atoms with van der Waals surface area (Å²) < 4.78 is 12.8. The monoisotopic (exact) mass is 287 g/mol. The maximum absolute atomic E-state index is 12.8. The zero-order valence-electron chi connectivity index (χ0n) is 10.1. The fourth-order valence-electron chi connectivity index (χ4n) is 1.25. The van der Waals surface area contributed by atoms with Crippen molar-refractivity contribution in [2.75, 3.05) is 6.54 Å². The summed E-state index contributed by atoms with van der Waals surface area (Å²) in [7, 11) is 0. The summed E-state index contributed by atoms with van der Waals surface area (Å²) in [6, 6.07) is 4.28. The van der Waals surface area contributed by atoms with Crippen LogP contribution in [0.2, 0.25) is 5.02 Å². The molecule has 2 nitrogen and oxygen atoms in total. The Morgan fingerprint density at radius 3 is 3.00 bits per heavy atom. The quantitative estimate of drug-likeness (QED) is 0.813. The zero-order valence-corrected chi connectivity index (χ0v) is 11.7. The smallest absolute Gasteiger partial charge is 0.233 e. The fraction of sp³-hybridized carbons (Fsp3) is 0.308. The Bertz CT molecular complexity index is 439. The number of nitrogens with one attached hydrogen (secondary N) is 1. The molecule has 1 rings (SSSR count). The van der Waals surface area contributed by atoms with Crippen LogP contribution in [0, 0.1) is 5.82 Å². The van der Waals surface area contributed by atoms with Gasteiger partial charge in [0.1, 0.15) is 5.82 Å². The van der Waals surface area contributed by atoms with E-state index in [0.29, 0.717) is 17.3 Å². The van der Waals surface area contributed by atoms with Gasteiger partial charge in [-0.1, -0.05) is 23.7 Å². The number of halogens is 2. The minimum absolute atomic E-state index is 0.0434. The van der Waals surface area contributed by atoms with Gasteiger partial charge in [-0.2, -0.15) is 0 Å². The van der Waals surface area contributed by atoms with Gasteiger partial charge in [0.25, 0.3) is 0 Å². The average molecular weight is 288 g/mol. The molecule has 5 heteroatoms. The Morgan fingerprint density at radius 2 is 2.39 bits per heavy atom. The van der Waals surface area contributed by atoms with Gasteiger partial charge in [0.15, 0.2) is 0 Å². The van der Waals surface area contributed by atoms with Gasteiger partial charge in [-0.3, -0.25) is 4.79 Å². The van der Waals surface area contributed by atoms with Gasteiger partial charge in [-0.15, -0.1) is 18.3 Å². The number of thioether (sulfide) groups is 1. The molecular weight excluding hydrogens is 273 g/mol. The summed E-state index contributed by atoms with van der Waals surface area (Å²) in [5, 5.41) is 2.92. The number of hydrogen-bond acceptors (Lipinski definition) is 2. The van der Waals surface area contributed by atoms with Crippen molar-refractivity contribution in [1.29, 1.82) is 0 Å². The molecule has 1 aromatic carbocycles. The van der Waals surface area contributed by atoms with E-state index in [0.717, 1.165) is 5.56 Å². The van der Waals surface area contributed by atoms with Gasteiger partial charge in [-0.25, -0.2) is 4.39 Å². The van der Waals surface area contributed by atoms with E-state index in [1.807, 2.05) is 6.92 Å². The molecule has 1 atom stereocenters. The highest BCUT2D eigenvalue weighted by Gasteiger charge is 2.13. The number of benzene rings is 1. The highest BCUT2D eigenvalue weighted by molar-refractivity contribution is 7.99. The molecule has 0 aliphatic heterocycles. The average Bonchev–Trinajstić information content (AvgIpc) is 2.34. The fourth-order valence-corrected chi connectivity index (χ4v) is 2.47. The van der Waals surface area contributed by atoms with Gasteiger partial charge >= 0.3 is 0 Å². The first-order valence-electron chi connectivity index (χ1n) is 5.48. The maximum Gasteiger partial charge on any atom is 0.233 e. The SMILES string of the molecule is C=CCNC(=O)C(C)SCc1ccc(F)cc1Cl. The zero-order chi connectivity index (χ0) is 13.5. The largest absolute Gasteiger partial charge is 0.352 e. The van der Waals surface area contributed by atoms with Crippen LogP contribution in [-0.4, -0.2) is 17.7 Å². The Labute approximate surface area is 116 Å². The van der Waals surface area contributed by atoms with Gasteiger partial charge in [0.2, 0.25) is 5.91 Å². The van der Waals surface area contributed by atoms with Crippen LogP contribution in [0.5, 0.6) is 0 Å². The van der Waals surface area contributed by atoms with Gasteiger partial charge in [0, 0.05) is 17.3 Å². The van der Waals surface area contributed by atoms with Crippen molar-refractivity contribution in [3.63, 3.8) is 0 Å². The molecule has 0 aliphatic rings. The number of carbonyl (C=O) groups is 1. The molecule has 0 bridgehead atoms. The lowest BCUT2D eigenvalue weighted by atomic mass is 10.2. The number of rotatable bonds is 6. The van der Waals surface area contributed by atoms with Crippen LogP contribution in [0.25, 0.3) is 0 Å². The summed E-state index contributed by atoms with van der Waals surface area (Å²) in [5.41, 5.74) is 0.825. The molecule has 18 heavy (non-hydrogen) atoms. The van der Waals surface area contributed by atoms with Crippen molar-refractivity contribution in [2.45, 2.75) is 17.9 Å². The molecule has 0 aromatic heterocycles. The van der Waals surface area contributed by atoms with Crippen LogP contribution < -0.4 is 5.32 Å². The first-order chi connectivity index (χ1) is 8.54. The lowest BCUT2D eigenvalue weighted by Gasteiger charge is -2.11. The third-order valence-corrected chi connectivity index (χ3v) is 3.84. The molecule has 0 saturated heterocycles.